The summed E-state index contributed by atoms with van der Waals surface area (Å²) >= 11 is 0. The highest BCUT2D eigenvalue weighted by molar-refractivity contribution is 5.91. The van der Waals surface area contributed by atoms with E-state index in [1.54, 1.807) is 0 Å². The molecule has 2 heterocycles. The van der Waals surface area contributed by atoms with E-state index >= 15 is 0 Å². The Kier molecular flexibility index (Phi) is 4.88. The molecule has 0 bridgehead atoms. The number of rotatable bonds is 5. The Morgan fingerprint density at radius 3 is 2.65 bits per heavy atom. The number of hydrogen-bond acceptors (Lipinski definition) is 3. The van der Waals surface area contributed by atoms with Crippen LogP contribution < -0.4 is 10.2 Å². The number of anilines is 2. The average Bonchev–Trinajstić information content (AvgIpc) is 3.11. The van der Waals surface area contributed by atoms with Crippen molar-refractivity contribution < 1.29 is 9.53 Å². The van der Waals surface area contributed by atoms with Crippen molar-refractivity contribution in [2.45, 2.75) is 12.8 Å². The number of carbonyl (C=O) groups is 1. The Morgan fingerprint density at radius 2 is 1.85 bits per heavy atom. The van der Waals surface area contributed by atoms with Gasteiger partial charge in [0.25, 0.3) is 0 Å². The fourth-order valence-electron chi connectivity index (χ4n) is 3.39. The fourth-order valence-corrected chi connectivity index (χ4v) is 3.39. The summed E-state index contributed by atoms with van der Waals surface area (Å²) in [5.74, 6) is 0.0365. The van der Waals surface area contributed by atoms with Crippen LogP contribution in [0.5, 0.6) is 0 Å². The van der Waals surface area contributed by atoms with Crippen molar-refractivity contribution in [3.8, 4) is 0 Å². The molecule has 0 unspecified atom stereocenters. The van der Waals surface area contributed by atoms with Crippen molar-refractivity contribution in [3.63, 3.8) is 0 Å². The van der Waals surface area contributed by atoms with Crippen LogP contribution >= 0.6 is 0 Å². The Hall–Kier alpha value is -2.79. The third-order valence-corrected chi connectivity index (χ3v) is 4.82. The lowest BCUT2D eigenvalue weighted by Gasteiger charge is -2.28. The first-order valence-electron chi connectivity index (χ1n) is 9.07. The van der Waals surface area contributed by atoms with Gasteiger partial charge in [0.2, 0.25) is 5.91 Å². The summed E-state index contributed by atoms with van der Waals surface area (Å²) < 4.78 is 5.38. The summed E-state index contributed by atoms with van der Waals surface area (Å²) in [6, 6.07) is 16.2. The number of aromatic amines is 1. The number of amides is 1. The molecular weight excluding hydrogens is 326 g/mol. The van der Waals surface area contributed by atoms with Crippen LogP contribution in [0, 0.1) is 0 Å². The first-order valence-corrected chi connectivity index (χ1v) is 9.07. The van der Waals surface area contributed by atoms with Crippen molar-refractivity contribution in [1.29, 1.82) is 0 Å². The highest BCUT2D eigenvalue weighted by Gasteiger charge is 2.11. The van der Waals surface area contributed by atoms with Crippen molar-refractivity contribution in [2.75, 3.05) is 36.5 Å². The molecular formula is C21H23N3O2. The smallest absolute Gasteiger partial charge is 0.224 e. The van der Waals surface area contributed by atoms with Gasteiger partial charge in [-0.2, -0.15) is 0 Å². The molecule has 2 aromatic carbocycles. The van der Waals surface area contributed by atoms with Gasteiger partial charge in [0.1, 0.15) is 0 Å². The first-order chi connectivity index (χ1) is 12.8. The molecule has 1 aliphatic rings. The van der Waals surface area contributed by atoms with Crippen LogP contribution in [0.1, 0.15) is 12.0 Å². The number of aryl methyl sites for hydroxylation is 1. The van der Waals surface area contributed by atoms with Crippen LogP contribution in [0.15, 0.2) is 54.7 Å². The van der Waals surface area contributed by atoms with E-state index in [1.807, 2.05) is 30.5 Å². The number of benzene rings is 2. The normalized spacial score (nSPS) is 14.5. The predicted octanol–water partition coefficient (Wildman–Crippen LogP) is 3.58. The lowest BCUT2D eigenvalue weighted by atomic mass is 10.1. The average molecular weight is 349 g/mol. The molecule has 4 rings (SSSR count). The summed E-state index contributed by atoms with van der Waals surface area (Å²) in [4.78, 5) is 17.8. The molecule has 1 amide bonds. The van der Waals surface area contributed by atoms with E-state index in [2.05, 4.69) is 39.5 Å². The summed E-state index contributed by atoms with van der Waals surface area (Å²) in [6.45, 7) is 3.37. The van der Waals surface area contributed by atoms with Crippen LogP contribution in [0.25, 0.3) is 10.9 Å². The zero-order valence-corrected chi connectivity index (χ0v) is 14.7. The van der Waals surface area contributed by atoms with Gasteiger partial charge in [0, 0.05) is 48.0 Å². The summed E-state index contributed by atoms with van der Waals surface area (Å²) in [7, 11) is 0. The van der Waals surface area contributed by atoms with Crippen LogP contribution in [0.4, 0.5) is 11.4 Å². The summed E-state index contributed by atoms with van der Waals surface area (Å²) in [6.07, 6.45) is 3.18. The third kappa shape index (κ3) is 3.73. The van der Waals surface area contributed by atoms with Crippen LogP contribution in [0.3, 0.4) is 0 Å². The third-order valence-electron chi connectivity index (χ3n) is 4.82. The van der Waals surface area contributed by atoms with Crippen LogP contribution in [-0.4, -0.2) is 37.2 Å². The Balaban J connectivity index is 1.33. The second-order valence-electron chi connectivity index (χ2n) is 6.55. The molecule has 134 valence electrons. The molecule has 5 heteroatoms. The number of para-hydroxylation sites is 1. The largest absolute Gasteiger partial charge is 0.378 e. The van der Waals surface area contributed by atoms with Crippen molar-refractivity contribution in [2.24, 2.45) is 0 Å². The molecule has 26 heavy (non-hydrogen) atoms. The lowest BCUT2D eigenvalue weighted by molar-refractivity contribution is -0.116. The topological polar surface area (TPSA) is 57.4 Å². The highest BCUT2D eigenvalue weighted by Crippen LogP contribution is 2.21. The molecule has 1 aromatic heterocycles. The van der Waals surface area contributed by atoms with Gasteiger partial charge >= 0.3 is 0 Å². The quantitative estimate of drug-likeness (QED) is 0.740. The first kappa shape index (κ1) is 16.7. The monoisotopic (exact) mass is 349 g/mol. The zero-order chi connectivity index (χ0) is 17.8. The van der Waals surface area contributed by atoms with E-state index in [-0.39, 0.29) is 5.91 Å². The Bertz CT molecular complexity index is 880. The van der Waals surface area contributed by atoms with Crippen molar-refractivity contribution in [1.82, 2.24) is 4.98 Å². The van der Waals surface area contributed by atoms with Crippen molar-refractivity contribution in [3.05, 3.63) is 60.3 Å². The molecule has 0 saturated carbocycles. The number of fused-ring (bicyclic) bond motifs is 1. The number of hydrogen-bond donors (Lipinski definition) is 2. The number of nitrogens with one attached hydrogen (secondary N) is 2. The Morgan fingerprint density at radius 1 is 1.08 bits per heavy atom. The van der Waals surface area contributed by atoms with Gasteiger partial charge in [-0.25, -0.2) is 0 Å². The highest BCUT2D eigenvalue weighted by atomic mass is 16.5. The van der Waals surface area contributed by atoms with E-state index in [1.165, 1.54) is 16.6 Å². The molecule has 0 radical (unpaired) electrons. The van der Waals surface area contributed by atoms with E-state index < -0.39 is 0 Å². The number of carbonyl (C=O) groups excluding carboxylic acids is 1. The number of morpholine rings is 1. The molecule has 0 spiro atoms. The number of H-pyrrole nitrogens is 1. The van der Waals surface area contributed by atoms with Gasteiger partial charge < -0.3 is 19.9 Å². The second kappa shape index (κ2) is 7.62. The SMILES string of the molecule is O=C(CCc1c[nH]c2ccccc12)Nc1ccc(N2CCOCC2)cc1. The van der Waals surface area contributed by atoms with Gasteiger partial charge in [-0.05, 0) is 42.3 Å². The number of ether oxygens (including phenoxy) is 1. The standard InChI is InChI=1S/C21H23N3O2/c25-21(10-5-16-15-22-20-4-2-1-3-19(16)20)23-17-6-8-18(9-7-17)24-11-13-26-14-12-24/h1-4,6-9,15,22H,5,10-14H2,(H,23,25). The molecule has 1 aliphatic heterocycles. The lowest BCUT2D eigenvalue weighted by Crippen LogP contribution is -2.36. The van der Waals surface area contributed by atoms with E-state index in [9.17, 15) is 4.79 Å². The van der Waals surface area contributed by atoms with Crippen LogP contribution in [0.2, 0.25) is 0 Å². The molecule has 1 fully saturated rings. The maximum atomic E-state index is 12.3. The minimum absolute atomic E-state index is 0.0365. The minimum atomic E-state index is 0.0365. The minimum Gasteiger partial charge on any atom is -0.378 e. The predicted molar refractivity (Wildman–Crippen MR) is 105 cm³/mol. The number of nitrogens with zero attached hydrogens (tertiary/aromatic N) is 1. The van der Waals surface area contributed by atoms with Gasteiger partial charge in [-0.1, -0.05) is 18.2 Å². The van der Waals surface area contributed by atoms with Crippen molar-refractivity contribution >= 4 is 28.2 Å². The zero-order valence-electron chi connectivity index (χ0n) is 14.7. The van der Waals surface area contributed by atoms with E-state index in [4.69, 9.17) is 4.74 Å². The maximum absolute atomic E-state index is 12.3. The fraction of sp³-hybridized carbons (Fsp3) is 0.286. The van der Waals surface area contributed by atoms with Crippen LogP contribution in [-0.2, 0) is 16.0 Å². The summed E-state index contributed by atoms with van der Waals surface area (Å²) in [5, 5.41) is 4.18. The Labute approximate surface area is 153 Å². The summed E-state index contributed by atoms with van der Waals surface area (Å²) in [5.41, 5.74) is 4.30. The number of aromatic nitrogens is 1. The second-order valence-corrected chi connectivity index (χ2v) is 6.55. The molecule has 0 aliphatic carbocycles. The van der Waals surface area contributed by atoms with Gasteiger partial charge in [-0.15, -0.1) is 0 Å². The molecule has 1 saturated heterocycles. The van der Waals surface area contributed by atoms with Gasteiger partial charge in [-0.3, -0.25) is 4.79 Å². The molecule has 5 nitrogen and oxygen atoms in total. The van der Waals surface area contributed by atoms with E-state index in [0.29, 0.717) is 6.42 Å². The van der Waals surface area contributed by atoms with Gasteiger partial charge in [0.05, 0.1) is 13.2 Å². The molecule has 3 aromatic rings. The van der Waals surface area contributed by atoms with Gasteiger partial charge in [0.15, 0.2) is 0 Å². The molecule has 2 N–H and O–H groups in total. The maximum Gasteiger partial charge on any atom is 0.224 e. The van der Waals surface area contributed by atoms with E-state index in [0.717, 1.165) is 43.9 Å². The molecule has 0 atom stereocenters.